The molecule has 3 rings (SSSR count). The molecule has 0 spiro atoms. The first-order chi connectivity index (χ1) is 12.1. The van der Waals surface area contributed by atoms with Gasteiger partial charge in [0, 0.05) is 6.42 Å². The van der Waals surface area contributed by atoms with Crippen molar-refractivity contribution in [3.63, 3.8) is 0 Å². The van der Waals surface area contributed by atoms with Crippen molar-refractivity contribution >= 4 is 17.6 Å². The molecule has 5 nitrogen and oxygen atoms in total. The second-order valence-corrected chi connectivity index (χ2v) is 6.42. The molecular weight excluding hydrogens is 318 g/mol. The number of aromatic carboxylic acids is 1. The van der Waals surface area contributed by atoms with Crippen molar-refractivity contribution < 1.29 is 19.4 Å². The predicted octanol–water partition coefficient (Wildman–Crippen LogP) is 3.92. The van der Waals surface area contributed by atoms with E-state index in [0.29, 0.717) is 29.7 Å². The normalized spacial score (nSPS) is 18.9. The molecule has 5 heteroatoms. The van der Waals surface area contributed by atoms with Crippen LogP contribution in [0.25, 0.3) is 0 Å². The van der Waals surface area contributed by atoms with Crippen LogP contribution in [0.4, 0.5) is 5.69 Å². The van der Waals surface area contributed by atoms with E-state index >= 15 is 0 Å². The van der Waals surface area contributed by atoms with Crippen LogP contribution >= 0.6 is 0 Å². The summed E-state index contributed by atoms with van der Waals surface area (Å²) in [6, 6.07) is 14.8. The van der Waals surface area contributed by atoms with Crippen molar-refractivity contribution in [3.8, 4) is 5.75 Å². The molecule has 0 aliphatic heterocycles. The summed E-state index contributed by atoms with van der Waals surface area (Å²) in [5.41, 5.74) is 1.96. The van der Waals surface area contributed by atoms with Crippen molar-refractivity contribution in [2.24, 2.45) is 5.92 Å². The zero-order chi connectivity index (χ0) is 17.8. The molecule has 1 aliphatic rings. The van der Waals surface area contributed by atoms with Gasteiger partial charge in [0.05, 0.1) is 18.4 Å². The first-order valence-electron chi connectivity index (χ1n) is 8.33. The number of amides is 1. The van der Waals surface area contributed by atoms with Gasteiger partial charge in [-0.1, -0.05) is 30.3 Å². The van der Waals surface area contributed by atoms with Gasteiger partial charge in [0.15, 0.2) is 0 Å². The van der Waals surface area contributed by atoms with E-state index in [9.17, 15) is 9.59 Å². The summed E-state index contributed by atoms with van der Waals surface area (Å²) in [6.45, 7) is 0. The summed E-state index contributed by atoms with van der Waals surface area (Å²) in [5.74, 6) is 0.178. The highest BCUT2D eigenvalue weighted by atomic mass is 16.5. The Bertz CT molecular complexity index is 767. The summed E-state index contributed by atoms with van der Waals surface area (Å²) in [5, 5.41) is 11.8. The third-order valence-electron chi connectivity index (χ3n) is 4.70. The van der Waals surface area contributed by atoms with E-state index in [4.69, 9.17) is 9.84 Å². The van der Waals surface area contributed by atoms with E-state index in [0.717, 1.165) is 12.8 Å². The number of methoxy groups -OCH3 is 1. The lowest BCUT2D eigenvalue weighted by Crippen LogP contribution is -2.26. The molecule has 2 N–H and O–H groups in total. The largest absolute Gasteiger partial charge is 0.495 e. The van der Waals surface area contributed by atoms with Crippen molar-refractivity contribution in [2.75, 3.05) is 12.4 Å². The minimum Gasteiger partial charge on any atom is -0.495 e. The van der Waals surface area contributed by atoms with Gasteiger partial charge >= 0.3 is 5.97 Å². The zero-order valence-electron chi connectivity index (χ0n) is 14.1. The van der Waals surface area contributed by atoms with E-state index in [1.807, 2.05) is 18.2 Å². The standard InChI is InChI=1S/C20H21NO4/c1-25-18-12-15(20(23)24)7-8-17(18)21-19(22)11-13-9-16(10-13)14-5-3-2-4-6-14/h2-8,12-13,16H,9-11H2,1H3,(H,21,22)(H,23,24). The molecule has 1 amide bonds. The molecule has 0 heterocycles. The van der Waals surface area contributed by atoms with Gasteiger partial charge in [-0.2, -0.15) is 0 Å². The molecule has 0 unspecified atom stereocenters. The Balaban J connectivity index is 1.54. The number of hydrogen-bond acceptors (Lipinski definition) is 3. The highest BCUT2D eigenvalue weighted by Crippen LogP contribution is 2.43. The summed E-state index contributed by atoms with van der Waals surface area (Å²) in [4.78, 5) is 23.3. The molecule has 1 aliphatic carbocycles. The van der Waals surface area contributed by atoms with E-state index in [1.165, 1.54) is 24.8 Å². The molecule has 0 atom stereocenters. The lowest BCUT2D eigenvalue weighted by molar-refractivity contribution is -0.117. The second-order valence-electron chi connectivity index (χ2n) is 6.42. The number of hydrogen-bond donors (Lipinski definition) is 2. The topological polar surface area (TPSA) is 75.6 Å². The molecule has 0 radical (unpaired) electrons. The highest BCUT2D eigenvalue weighted by Gasteiger charge is 2.31. The average molecular weight is 339 g/mol. The molecule has 2 aromatic carbocycles. The lowest BCUT2D eigenvalue weighted by Gasteiger charge is -2.35. The predicted molar refractivity (Wildman–Crippen MR) is 95.1 cm³/mol. The molecule has 0 saturated heterocycles. The monoisotopic (exact) mass is 339 g/mol. The number of ether oxygens (including phenoxy) is 1. The first-order valence-corrected chi connectivity index (χ1v) is 8.33. The fraction of sp³-hybridized carbons (Fsp3) is 0.300. The van der Waals surface area contributed by atoms with Crippen LogP contribution in [0.2, 0.25) is 0 Å². The van der Waals surface area contributed by atoms with Crippen LogP contribution < -0.4 is 10.1 Å². The summed E-state index contributed by atoms with van der Waals surface area (Å²) < 4.78 is 5.18. The van der Waals surface area contributed by atoms with Gasteiger partial charge in [-0.15, -0.1) is 0 Å². The number of nitrogens with one attached hydrogen (secondary N) is 1. The number of rotatable bonds is 6. The van der Waals surface area contributed by atoms with Crippen molar-refractivity contribution in [2.45, 2.75) is 25.2 Å². The molecule has 1 fully saturated rings. The van der Waals surface area contributed by atoms with Crippen LogP contribution in [0, 0.1) is 5.92 Å². The van der Waals surface area contributed by atoms with Crippen LogP contribution in [0.1, 0.15) is 41.1 Å². The van der Waals surface area contributed by atoms with Crippen LogP contribution in [-0.2, 0) is 4.79 Å². The highest BCUT2D eigenvalue weighted by molar-refractivity contribution is 5.94. The molecule has 25 heavy (non-hydrogen) atoms. The van der Waals surface area contributed by atoms with Gasteiger partial charge in [0.25, 0.3) is 0 Å². The molecular formula is C20H21NO4. The number of benzene rings is 2. The Morgan fingerprint density at radius 3 is 2.52 bits per heavy atom. The maximum atomic E-state index is 12.3. The smallest absolute Gasteiger partial charge is 0.335 e. The van der Waals surface area contributed by atoms with Gasteiger partial charge in [-0.3, -0.25) is 4.79 Å². The van der Waals surface area contributed by atoms with E-state index in [-0.39, 0.29) is 11.5 Å². The van der Waals surface area contributed by atoms with Crippen LogP contribution in [0.5, 0.6) is 5.75 Å². The Morgan fingerprint density at radius 1 is 1.16 bits per heavy atom. The van der Waals surface area contributed by atoms with Gasteiger partial charge < -0.3 is 15.2 Å². The van der Waals surface area contributed by atoms with E-state index in [1.54, 1.807) is 6.07 Å². The maximum Gasteiger partial charge on any atom is 0.335 e. The van der Waals surface area contributed by atoms with E-state index in [2.05, 4.69) is 17.4 Å². The van der Waals surface area contributed by atoms with Gasteiger partial charge in [-0.05, 0) is 48.4 Å². The number of carboxylic acids is 1. The van der Waals surface area contributed by atoms with Gasteiger partial charge in [0.2, 0.25) is 5.91 Å². The van der Waals surface area contributed by atoms with Gasteiger partial charge in [-0.25, -0.2) is 4.79 Å². The Morgan fingerprint density at radius 2 is 1.88 bits per heavy atom. The lowest BCUT2D eigenvalue weighted by atomic mass is 9.70. The van der Waals surface area contributed by atoms with Crippen molar-refractivity contribution in [1.82, 2.24) is 0 Å². The molecule has 2 aromatic rings. The van der Waals surface area contributed by atoms with Crippen molar-refractivity contribution in [3.05, 3.63) is 59.7 Å². The Hall–Kier alpha value is -2.82. The third-order valence-corrected chi connectivity index (χ3v) is 4.70. The SMILES string of the molecule is COc1cc(C(=O)O)ccc1NC(=O)CC1CC(c2ccccc2)C1. The minimum absolute atomic E-state index is 0.0714. The fourth-order valence-corrected chi connectivity index (χ4v) is 3.29. The molecule has 0 bridgehead atoms. The van der Waals surface area contributed by atoms with E-state index < -0.39 is 5.97 Å². The molecule has 1 saturated carbocycles. The number of carboxylic acid groups (broad SMARTS) is 1. The number of carbonyl (C=O) groups excluding carboxylic acids is 1. The Labute approximate surface area is 146 Å². The quantitative estimate of drug-likeness (QED) is 0.836. The third kappa shape index (κ3) is 3.99. The average Bonchev–Trinajstić information content (AvgIpc) is 2.58. The van der Waals surface area contributed by atoms with Crippen LogP contribution in [0.15, 0.2) is 48.5 Å². The maximum absolute atomic E-state index is 12.3. The number of anilines is 1. The Kier molecular flexibility index (Phi) is 5.03. The van der Waals surface area contributed by atoms with Crippen LogP contribution in [0.3, 0.4) is 0 Å². The molecule has 130 valence electrons. The summed E-state index contributed by atoms with van der Waals surface area (Å²) in [7, 11) is 1.45. The zero-order valence-corrected chi connectivity index (χ0v) is 14.1. The number of carbonyl (C=O) groups is 2. The van der Waals surface area contributed by atoms with Crippen LogP contribution in [-0.4, -0.2) is 24.1 Å². The second kappa shape index (κ2) is 7.38. The first kappa shape index (κ1) is 17.0. The summed E-state index contributed by atoms with van der Waals surface area (Å²) >= 11 is 0. The van der Waals surface area contributed by atoms with Gasteiger partial charge in [0.1, 0.15) is 5.75 Å². The van der Waals surface area contributed by atoms with Crippen molar-refractivity contribution in [1.29, 1.82) is 0 Å². The minimum atomic E-state index is -1.03. The summed E-state index contributed by atoms with van der Waals surface area (Å²) in [6.07, 6.45) is 2.51. The molecule has 0 aromatic heterocycles. The fourth-order valence-electron chi connectivity index (χ4n) is 3.29.